The summed E-state index contributed by atoms with van der Waals surface area (Å²) in [5, 5.41) is 10.4. The van der Waals surface area contributed by atoms with E-state index in [1.165, 1.54) is 25.7 Å². The summed E-state index contributed by atoms with van der Waals surface area (Å²) < 4.78 is 21.4. The summed E-state index contributed by atoms with van der Waals surface area (Å²) in [7, 11) is 0. The van der Waals surface area contributed by atoms with Gasteiger partial charge in [0.15, 0.2) is 16.7 Å². The van der Waals surface area contributed by atoms with Crippen molar-refractivity contribution in [2.24, 2.45) is 5.41 Å². The number of thiazole rings is 1. The third-order valence-electron chi connectivity index (χ3n) is 9.33. The van der Waals surface area contributed by atoms with E-state index < -0.39 is 0 Å². The number of hydrogen-bond acceptors (Lipinski definition) is 6. The summed E-state index contributed by atoms with van der Waals surface area (Å²) in [6.45, 7) is 1.94. The number of fused-ring (bicyclic) bond motifs is 3. The molecular weight excluding hydrogens is 554 g/mol. The molecule has 4 fully saturated rings. The number of halogens is 3. The summed E-state index contributed by atoms with van der Waals surface area (Å²) >= 11 is 14.8. The molecule has 2 saturated carbocycles. The number of aromatic nitrogens is 2. The third kappa shape index (κ3) is 3.98. The summed E-state index contributed by atoms with van der Waals surface area (Å²) in [5.74, 6) is 1.15. The van der Waals surface area contributed by atoms with Crippen LogP contribution in [0.2, 0.25) is 10.0 Å². The molecule has 4 aromatic rings. The van der Waals surface area contributed by atoms with Crippen LogP contribution in [0, 0.1) is 18.2 Å². The predicted molar refractivity (Wildman–Crippen MR) is 156 cm³/mol. The normalized spacial score (nSPS) is 27.9. The molecule has 2 aliphatic heterocycles. The number of rotatable bonds is 5. The molecule has 2 aromatic carbocycles. The number of nitrogens with zero attached hydrogens (tertiary/aromatic N) is 3. The first-order valence-corrected chi connectivity index (χ1v) is 15.5. The quantitative estimate of drug-likeness (QED) is 0.254. The summed E-state index contributed by atoms with van der Waals surface area (Å²) in [5.41, 5.74) is 4.24. The van der Waals surface area contributed by atoms with Crippen molar-refractivity contribution < 1.29 is 8.91 Å². The van der Waals surface area contributed by atoms with E-state index in [-0.39, 0.29) is 5.82 Å². The first kappa shape index (κ1) is 24.4. The molecule has 39 heavy (non-hydrogen) atoms. The summed E-state index contributed by atoms with van der Waals surface area (Å²) in [6, 6.07) is 10.5. The zero-order chi connectivity index (χ0) is 26.5. The second kappa shape index (κ2) is 8.82. The SMILES string of the molecule is Cc1cc(F)c2nc(N3C4CCC3CC3(CC(Nc5c(-c6c(Cl)cccc6Cl)noc5C5CC5)C3)C4)sc2c1. The maximum absolute atomic E-state index is 14.6. The molecule has 2 unspecified atom stereocenters. The molecule has 1 spiro atoms. The third-order valence-corrected chi connectivity index (χ3v) is 11.0. The van der Waals surface area contributed by atoms with E-state index in [2.05, 4.69) is 21.4 Å². The van der Waals surface area contributed by atoms with Crippen LogP contribution in [-0.2, 0) is 0 Å². The van der Waals surface area contributed by atoms with Crippen molar-refractivity contribution in [2.45, 2.75) is 82.3 Å². The van der Waals surface area contributed by atoms with E-state index >= 15 is 0 Å². The van der Waals surface area contributed by atoms with Crippen molar-refractivity contribution in [3.8, 4) is 11.3 Å². The summed E-state index contributed by atoms with van der Waals surface area (Å²) in [4.78, 5) is 7.30. The fourth-order valence-electron chi connectivity index (χ4n) is 7.56. The average Bonchev–Trinajstić information content (AvgIpc) is 3.40. The van der Waals surface area contributed by atoms with Gasteiger partial charge in [0, 0.05) is 29.6 Å². The molecule has 2 saturated heterocycles. The molecule has 0 radical (unpaired) electrons. The molecule has 4 aliphatic rings. The Bertz CT molecular complexity index is 1570. The number of anilines is 2. The van der Waals surface area contributed by atoms with Crippen molar-refractivity contribution >= 4 is 55.6 Å². The molecule has 2 aromatic heterocycles. The highest BCUT2D eigenvalue weighted by molar-refractivity contribution is 7.22. The van der Waals surface area contributed by atoms with Gasteiger partial charge in [-0.05, 0) is 93.5 Å². The van der Waals surface area contributed by atoms with E-state index in [0.29, 0.717) is 45.0 Å². The molecule has 0 amide bonds. The maximum atomic E-state index is 14.6. The Kier molecular flexibility index (Phi) is 5.53. The minimum absolute atomic E-state index is 0.210. The van der Waals surface area contributed by atoms with Gasteiger partial charge in [-0.3, -0.25) is 0 Å². The Hall–Kier alpha value is -2.35. The van der Waals surface area contributed by atoms with Gasteiger partial charge in [0.05, 0.1) is 14.7 Å². The van der Waals surface area contributed by atoms with Crippen LogP contribution < -0.4 is 10.2 Å². The Morgan fingerprint density at radius 3 is 2.46 bits per heavy atom. The topological polar surface area (TPSA) is 54.2 Å². The van der Waals surface area contributed by atoms with Crippen LogP contribution in [0.1, 0.15) is 68.6 Å². The Morgan fingerprint density at radius 1 is 1.05 bits per heavy atom. The van der Waals surface area contributed by atoms with E-state index in [0.717, 1.165) is 63.8 Å². The van der Waals surface area contributed by atoms with Crippen LogP contribution in [0.5, 0.6) is 0 Å². The van der Waals surface area contributed by atoms with Gasteiger partial charge in [-0.2, -0.15) is 0 Å². The van der Waals surface area contributed by atoms with Crippen LogP contribution in [0.15, 0.2) is 34.9 Å². The molecule has 9 heteroatoms. The minimum atomic E-state index is -0.210. The average molecular weight is 584 g/mol. The molecule has 4 heterocycles. The second-order valence-electron chi connectivity index (χ2n) is 12.2. The molecule has 1 N–H and O–H groups in total. The van der Waals surface area contributed by atoms with Crippen LogP contribution in [-0.4, -0.2) is 28.3 Å². The molecule has 8 rings (SSSR count). The smallest absolute Gasteiger partial charge is 0.187 e. The Labute approximate surface area is 240 Å². The predicted octanol–water partition coefficient (Wildman–Crippen LogP) is 8.98. The van der Waals surface area contributed by atoms with Crippen LogP contribution >= 0.6 is 34.5 Å². The van der Waals surface area contributed by atoms with Crippen molar-refractivity contribution in [2.75, 3.05) is 10.2 Å². The molecule has 2 aliphatic carbocycles. The molecule has 2 atom stereocenters. The fraction of sp³-hybridized carbons (Fsp3) is 0.467. The second-order valence-corrected chi connectivity index (χ2v) is 14.0. The first-order valence-electron chi connectivity index (χ1n) is 13.9. The fourth-order valence-corrected chi connectivity index (χ4v) is 9.36. The Morgan fingerprint density at radius 2 is 1.77 bits per heavy atom. The lowest BCUT2D eigenvalue weighted by Gasteiger charge is -2.55. The molecule has 5 nitrogen and oxygen atoms in total. The van der Waals surface area contributed by atoms with E-state index in [1.807, 2.05) is 25.1 Å². The Balaban J connectivity index is 1.02. The molecular formula is C30H29Cl2FN4OS. The molecule has 2 bridgehead atoms. The van der Waals surface area contributed by atoms with Gasteiger partial charge in [0.1, 0.15) is 16.9 Å². The van der Waals surface area contributed by atoms with Crippen LogP contribution in [0.25, 0.3) is 21.5 Å². The van der Waals surface area contributed by atoms with Crippen molar-refractivity contribution in [1.29, 1.82) is 0 Å². The highest BCUT2D eigenvalue weighted by Crippen LogP contribution is 2.58. The monoisotopic (exact) mass is 582 g/mol. The van der Waals surface area contributed by atoms with Gasteiger partial charge in [-0.25, -0.2) is 9.37 Å². The van der Waals surface area contributed by atoms with Crippen molar-refractivity contribution in [3.63, 3.8) is 0 Å². The van der Waals surface area contributed by atoms with Gasteiger partial charge in [0.25, 0.3) is 0 Å². The number of piperidine rings is 1. The highest BCUT2D eigenvalue weighted by Gasteiger charge is 2.55. The van der Waals surface area contributed by atoms with E-state index in [4.69, 9.17) is 32.7 Å². The lowest BCUT2D eigenvalue weighted by Crippen LogP contribution is -2.55. The largest absolute Gasteiger partial charge is 0.378 e. The van der Waals surface area contributed by atoms with Crippen LogP contribution in [0.4, 0.5) is 15.2 Å². The van der Waals surface area contributed by atoms with Gasteiger partial charge >= 0.3 is 0 Å². The number of hydrogen-bond donors (Lipinski definition) is 1. The standard InChI is InChI=1S/C30H29Cl2FN4OS/c1-15-9-22(33)25-23(10-15)39-29(35-25)37-18-7-8-19(37)14-30(13-18)11-17(12-30)34-27-26(36-38-28(27)16-5-6-16)24-20(31)3-2-4-21(24)32/h2-4,9-10,16-19,34H,5-8,11-14H2,1H3. The number of aryl methyl sites for hydroxylation is 1. The molecule has 202 valence electrons. The number of nitrogens with one attached hydrogen (secondary N) is 1. The maximum Gasteiger partial charge on any atom is 0.187 e. The lowest BCUT2D eigenvalue weighted by molar-refractivity contribution is 0.0597. The van der Waals surface area contributed by atoms with Gasteiger partial charge < -0.3 is 14.7 Å². The van der Waals surface area contributed by atoms with Crippen LogP contribution in [0.3, 0.4) is 0 Å². The highest BCUT2D eigenvalue weighted by atomic mass is 35.5. The summed E-state index contributed by atoms with van der Waals surface area (Å²) in [6.07, 6.45) is 9.23. The van der Waals surface area contributed by atoms with E-state index in [1.54, 1.807) is 17.4 Å². The van der Waals surface area contributed by atoms with Gasteiger partial charge in [-0.15, -0.1) is 0 Å². The van der Waals surface area contributed by atoms with Crippen molar-refractivity contribution in [1.82, 2.24) is 10.1 Å². The van der Waals surface area contributed by atoms with Crippen molar-refractivity contribution in [3.05, 3.63) is 57.5 Å². The minimum Gasteiger partial charge on any atom is -0.378 e. The first-order chi connectivity index (χ1) is 18.9. The zero-order valence-corrected chi connectivity index (χ0v) is 24.0. The van der Waals surface area contributed by atoms with Gasteiger partial charge in [-0.1, -0.05) is 45.8 Å². The zero-order valence-electron chi connectivity index (χ0n) is 21.6. The van der Waals surface area contributed by atoms with E-state index in [9.17, 15) is 4.39 Å². The number of benzene rings is 2. The van der Waals surface area contributed by atoms with Gasteiger partial charge in [0.2, 0.25) is 0 Å². The lowest BCUT2D eigenvalue weighted by atomic mass is 9.58.